The summed E-state index contributed by atoms with van der Waals surface area (Å²) in [5.41, 5.74) is 0. The molecule has 0 saturated carbocycles. The molecular formula is C2H8O3Si2Y2. The van der Waals surface area contributed by atoms with E-state index in [0.717, 1.165) is 0 Å². The fourth-order valence-corrected chi connectivity index (χ4v) is 1.92. The number of hydrogen-bond acceptors (Lipinski definition) is 3. The summed E-state index contributed by atoms with van der Waals surface area (Å²) < 4.78 is 4.56. The number of rotatable bonds is 2. The van der Waals surface area contributed by atoms with Gasteiger partial charge in [0.15, 0.2) is 0 Å². The zero-order valence-electron chi connectivity index (χ0n) is 5.46. The standard InChI is InChI=1S/C2H8O3Si2.2Y/c1-6(3)5-7(2)4;;/h3-4H,1-2H3;;. The van der Waals surface area contributed by atoms with Crippen molar-refractivity contribution < 1.29 is 79.1 Å². The molecule has 0 bridgehead atoms. The first kappa shape index (κ1) is 17.6. The molecule has 0 aromatic heterocycles. The Bertz CT molecular complexity index is 47.1. The van der Waals surface area contributed by atoms with E-state index < -0.39 is 18.6 Å². The van der Waals surface area contributed by atoms with E-state index in [9.17, 15) is 0 Å². The molecule has 0 amide bonds. The number of hydrogen-bond donors (Lipinski definition) is 2. The predicted octanol–water partition coefficient (Wildman–Crippen LogP) is -0.781. The average molecular weight is 314 g/mol. The van der Waals surface area contributed by atoms with Crippen LogP contribution >= 0.6 is 0 Å². The van der Waals surface area contributed by atoms with Gasteiger partial charge in [0.2, 0.25) is 0 Å². The Morgan fingerprint density at radius 3 is 1.22 bits per heavy atom. The fraction of sp³-hybridized carbons (Fsp3) is 1.00. The molecule has 4 radical (unpaired) electrons. The molecule has 0 atom stereocenters. The van der Waals surface area contributed by atoms with Crippen molar-refractivity contribution in [2.45, 2.75) is 13.1 Å². The molecule has 0 unspecified atom stereocenters. The van der Waals surface area contributed by atoms with E-state index in [1.54, 1.807) is 13.1 Å². The predicted molar refractivity (Wildman–Crippen MR) is 28.8 cm³/mol. The molecule has 0 heterocycles. The Morgan fingerprint density at radius 2 is 1.22 bits per heavy atom. The molecule has 48 valence electrons. The van der Waals surface area contributed by atoms with Crippen LogP contribution in [0.3, 0.4) is 0 Å². The minimum Gasteiger partial charge on any atom is -0.413 e. The van der Waals surface area contributed by atoms with Crippen molar-refractivity contribution in [3.63, 3.8) is 0 Å². The van der Waals surface area contributed by atoms with Crippen LogP contribution in [0.25, 0.3) is 0 Å². The van der Waals surface area contributed by atoms with Crippen molar-refractivity contribution in [2.24, 2.45) is 0 Å². The fourth-order valence-electron chi connectivity index (χ4n) is 0.214. The normalized spacial score (nSPS) is 8.67. The van der Waals surface area contributed by atoms with Crippen LogP contribution in [0.2, 0.25) is 13.1 Å². The van der Waals surface area contributed by atoms with E-state index in [1.807, 2.05) is 0 Å². The molecule has 2 N–H and O–H groups in total. The Morgan fingerprint density at radius 1 is 1.00 bits per heavy atom. The van der Waals surface area contributed by atoms with Crippen molar-refractivity contribution in [2.75, 3.05) is 0 Å². The van der Waals surface area contributed by atoms with E-state index in [4.69, 9.17) is 9.59 Å². The second-order valence-corrected chi connectivity index (χ2v) is 4.03. The summed E-state index contributed by atoms with van der Waals surface area (Å²) in [5.74, 6) is 0. The molecular weight excluding hydrogens is 306 g/mol. The van der Waals surface area contributed by atoms with E-state index >= 15 is 0 Å². The van der Waals surface area contributed by atoms with Crippen molar-refractivity contribution in [1.29, 1.82) is 0 Å². The Balaban J connectivity index is -0.000000180. The first-order valence-corrected chi connectivity index (χ1v) is 5.57. The largest absolute Gasteiger partial charge is 0.413 e. The van der Waals surface area contributed by atoms with E-state index in [0.29, 0.717) is 0 Å². The Kier molecular flexibility index (Phi) is 20.5. The van der Waals surface area contributed by atoms with Gasteiger partial charge in [0.05, 0.1) is 0 Å². The summed E-state index contributed by atoms with van der Waals surface area (Å²) in [7, 11) is -3.28. The maximum absolute atomic E-state index is 8.47. The van der Waals surface area contributed by atoms with Gasteiger partial charge >= 0.3 is 18.6 Å². The van der Waals surface area contributed by atoms with Gasteiger partial charge < -0.3 is 13.7 Å². The summed E-state index contributed by atoms with van der Waals surface area (Å²) in [6, 6.07) is 0. The molecule has 7 heteroatoms. The average Bonchev–Trinajstić information content (AvgIpc) is 1.27. The maximum atomic E-state index is 8.47. The zero-order chi connectivity index (χ0) is 5.86. The molecule has 3 nitrogen and oxygen atoms in total. The molecule has 0 aromatic rings. The second-order valence-electron chi connectivity index (χ2n) is 1.14. The van der Waals surface area contributed by atoms with Crippen LogP contribution < -0.4 is 0 Å². The molecule has 0 aliphatic heterocycles. The quantitative estimate of drug-likeness (QED) is 0.658. The SMILES string of the molecule is C[Si](O)O[Si](C)O.[Y].[Y]. The van der Waals surface area contributed by atoms with Gasteiger partial charge in [0.1, 0.15) is 0 Å². The maximum Gasteiger partial charge on any atom is 0.368 e. The van der Waals surface area contributed by atoms with Crippen molar-refractivity contribution in [3.8, 4) is 0 Å². The van der Waals surface area contributed by atoms with E-state index in [1.165, 1.54) is 0 Å². The molecule has 0 aromatic carbocycles. The summed E-state index contributed by atoms with van der Waals surface area (Å²) in [4.78, 5) is 16.9. The molecule has 0 spiro atoms. The van der Waals surface area contributed by atoms with Gasteiger partial charge in [0.25, 0.3) is 0 Å². The smallest absolute Gasteiger partial charge is 0.368 e. The molecule has 9 heavy (non-hydrogen) atoms. The van der Waals surface area contributed by atoms with Crippen LogP contribution in [0.4, 0.5) is 0 Å². The summed E-state index contributed by atoms with van der Waals surface area (Å²) >= 11 is 0. The summed E-state index contributed by atoms with van der Waals surface area (Å²) in [6.07, 6.45) is 0. The van der Waals surface area contributed by atoms with Gasteiger partial charge in [-0.3, -0.25) is 0 Å². The minimum atomic E-state index is -1.64. The van der Waals surface area contributed by atoms with E-state index in [-0.39, 0.29) is 65.4 Å². The van der Waals surface area contributed by atoms with Gasteiger partial charge in [-0.2, -0.15) is 0 Å². The van der Waals surface area contributed by atoms with Crippen molar-refractivity contribution in [1.82, 2.24) is 0 Å². The molecule has 0 fully saturated rings. The van der Waals surface area contributed by atoms with Crippen LogP contribution in [0, 0.1) is 0 Å². The van der Waals surface area contributed by atoms with E-state index in [2.05, 4.69) is 4.12 Å². The van der Waals surface area contributed by atoms with Gasteiger partial charge in [-0.1, -0.05) is 0 Å². The Hall–Kier alpha value is 2.52. The third-order valence-electron chi connectivity index (χ3n) is 0.295. The minimum absolute atomic E-state index is 0. The van der Waals surface area contributed by atoms with Gasteiger partial charge in [-0.15, -0.1) is 0 Å². The molecule has 0 aliphatic carbocycles. The van der Waals surface area contributed by atoms with Crippen molar-refractivity contribution >= 4 is 18.6 Å². The molecule has 0 aliphatic rings. The van der Waals surface area contributed by atoms with Crippen molar-refractivity contribution in [3.05, 3.63) is 0 Å². The van der Waals surface area contributed by atoms with Crippen LogP contribution in [0.5, 0.6) is 0 Å². The first-order chi connectivity index (χ1) is 3.13. The third kappa shape index (κ3) is 18.0. The van der Waals surface area contributed by atoms with Gasteiger partial charge in [0, 0.05) is 65.4 Å². The Labute approximate surface area is 109 Å². The van der Waals surface area contributed by atoms with Crippen LogP contribution in [-0.4, -0.2) is 28.2 Å². The zero-order valence-corrected chi connectivity index (χ0v) is 13.1. The molecule has 0 rings (SSSR count). The van der Waals surface area contributed by atoms with Crippen LogP contribution in [0.15, 0.2) is 0 Å². The summed E-state index contributed by atoms with van der Waals surface area (Å²) in [6.45, 7) is 3.13. The first-order valence-electron chi connectivity index (χ1n) is 1.86. The topological polar surface area (TPSA) is 49.7 Å². The summed E-state index contributed by atoms with van der Waals surface area (Å²) in [5, 5.41) is 0. The molecule has 0 saturated heterocycles. The van der Waals surface area contributed by atoms with Crippen LogP contribution in [0.1, 0.15) is 0 Å². The second kappa shape index (κ2) is 10.5. The monoisotopic (exact) mass is 314 g/mol. The third-order valence-corrected chi connectivity index (χ3v) is 2.66. The van der Waals surface area contributed by atoms with Crippen LogP contribution in [-0.2, 0) is 69.5 Å². The van der Waals surface area contributed by atoms with Gasteiger partial charge in [-0.05, 0) is 13.1 Å². The van der Waals surface area contributed by atoms with Gasteiger partial charge in [-0.25, -0.2) is 0 Å².